The molecule has 0 saturated heterocycles. The Balaban J connectivity index is 1.96. The van der Waals surface area contributed by atoms with E-state index in [9.17, 15) is 18.4 Å². The van der Waals surface area contributed by atoms with Crippen molar-refractivity contribution in [2.24, 2.45) is 0 Å². The topological polar surface area (TPSA) is 79.8 Å². The third-order valence-electron chi connectivity index (χ3n) is 3.46. The van der Waals surface area contributed by atoms with Crippen LogP contribution in [0.15, 0.2) is 39.1 Å². The van der Waals surface area contributed by atoms with Gasteiger partial charge in [0.25, 0.3) is 5.76 Å². The van der Waals surface area contributed by atoms with E-state index in [1.54, 1.807) is 19.1 Å². The molecule has 0 radical (unpaired) electrons. The van der Waals surface area contributed by atoms with Gasteiger partial charge < -0.3 is 5.32 Å². The van der Waals surface area contributed by atoms with Gasteiger partial charge in [-0.2, -0.15) is 8.78 Å². The third-order valence-corrected chi connectivity index (χ3v) is 5.27. The maximum atomic E-state index is 12.3. The van der Waals surface area contributed by atoms with Crippen LogP contribution in [0, 0.1) is 0 Å². The number of aromatic nitrogens is 3. The normalized spacial score (nSPS) is 12.3. The lowest BCUT2D eigenvalue weighted by Crippen LogP contribution is -2.24. The Kier molecular flexibility index (Phi) is 7.70. The van der Waals surface area contributed by atoms with E-state index in [4.69, 9.17) is 0 Å². The van der Waals surface area contributed by atoms with Crippen LogP contribution in [-0.4, -0.2) is 31.7 Å². The fourth-order valence-corrected chi connectivity index (χ4v) is 3.46. The Hall–Kier alpha value is -1.81. The standard InChI is InChI=1S/C16H20F2N4O2S2/c1-3-4-9-22-15(24)20-21-16(22)25-10(2)13(23)19-11-5-7-12(8-6-11)26-14(17)18/h5-8,10,14H,3-4,9H2,1-2H3,(H,19,23)(H,20,24)/t10-/m0/s1. The number of H-pyrrole nitrogens is 1. The lowest BCUT2D eigenvalue weighted by Gasteiger charge is -2.12. The van der Waals surface area contributed by atoms with Gasteiger partial charge in [-0.25, -0.2) is 9.89 Å². The molecular weight excluding hydrogens is 382 g/mol. The summed E-state index contributed by atoms with van der Waals surface area (Å²) in [7, 11) is 0. The molecule has 6 nitrogen and oxygen atoms in total. The quantitative estimate of drug-likeness (QED) is 0.624. The van der Waals surface area contributed by atoms with Gasteiger partial charge in [-0.15, -0.1) is 5.10 Å². The van der Waals surface area contributed by atoms with Gasteiger partial charge in [-0.05, 0) is 37.6 Å². The first-order chi connectivity index (χ1) is 12.4. The number of carbonyl (C=O) groups is 1. The van der Waals surface area contributed by atoms with Crippen LogP contribution in [0.3, 0.4) is 0 Å². The van der Waals surface area contributed by atoms with E-state index >= 15 is 0 Å². The summed E-state index contributed by atoms with van der Waals surface area (Å²) >= 11 is 1.64. The molecular formula is C16H20F2N4O2S2. The summed E-state index contributed by atoms with van der Waals surface area (Å²) in [5, 5.41) is 9.09. The zero-order valence-electron chi connectivity index (χ0n) is 14.4. The molecule has 0 spiro atoms. The molecule has 1 amide bonds. The molecule has 142 valence electrons. The molecule has 0 aliphatic rings. The van der Waals surface area contributed by atoms with Crippen LogP contribution in [0.4, 0.5) is 14.5 Å². The van der Waals surface area contributed by atoms with Crippen molar-refractivity contribution in [1.82, 2.24) is 14.8 Å². The van der Waals surface area contributed by atoms with Crippen molar-refractivity contribution in [3.8, 4) is 0 Å². The fraction of sp³-hybridized carbons (Fsp3) is 0.438. The number of carbonyl (C=O) groups excluding carboxylic acids is 1. The number of halogens is 2. The lowest BCUT2D eigenvalue weighted by molar-refractivity contribution is -0.115. The second-order valence-electron chi connectivity index (χ2n) is 5.47. The van der Waals surface area contributed by atoms with Gasteiger partial charge in [0.1, 0.15) is 0 Å². The third kappa shape index (κ3) is 5.87. The molecule has 2 aromatic rings. The molecule has 0 unspecified atom stereocenters. The van der Waals surface area contributed by atoms with Crippen LogP contribution < -0.4 is 11.0 Å². The van der Waals surface area contributed by atoms with Gasteiger partial charge in [0.15, 0.2) is 5.16 Å². The summed E-state index contributed by atoms with van der Waals surface area (Å²) in [4.78, 5) is 24.5. The molecule has 0 aliphatic carbocycles. The number of aromatic amines is 1. The summed E-state index contributed by atoms with van der Waals surface area (Å²) in [6, 6.07) is 6.21. The fourth-order valence-electron chi connectivity index (χ4n) is 2.08. The highest BCUT2D eigenvalue weighted by Gasteiger charge is 2.19. The SMILES string of the molecule is CCCCn1c(S[C@@H](C)C(=O)Nc2ccc(SC(F)F)cc2)n[nH]c1=O. The van der Waals surface area contributed by atoms with Crippen LogP contribution in [-0.2, 0) is 11.3 Å². The summed E-state index contributed by atoms with van der Waals surface area (Å²) in [6.45, 7) is 4.29. The van der Waals surface area contributed by atoms with Gasteiger partial charge in [-0.1, -0.05) is 36.9 Å². The first-order valence-corrected chi connectivity index (χ1v) is 9.84. The van der Waals surface area contributed by atoms with Crippen molar-refractivity contribution in [2.75, 3.05) is 5.32 Å². The Morgan fingerprint density at radius 3 is 2.62 bits per heavy atom. The molecule has 0 aliphatic heterocycles. The molecule has 1 heterocycles. The predicted molar refractivity (Wildman–Crippen MR) is 100 cm³/mol. The van der Waals surface area contributed by atoms with Crippen molar-refractivity contribution in [1.29, 1.82) is 0 Å². The number of thioether (sulfide) groups is 2. The minimum atomic E-state index is -2.48. The van der Waals surface area contributed by atoms with Crippen LogP contribution >= 0.6 is 23.5 Å². The zero-order valence-corrected chi connectivity index (χ0v) is 16.0. The molecule has 2 N–H and O–H groups in total. The lowest BCUT2D eigenvalue weighted by atomic mass is 10.3. The van der Waals surface area contributed by atoms with Gasteiger partial charge in [0.05, 0.1) is 5.25 Å². The Bertz CT molecular complexity index is 777. The zero-order chi connectivity index (χ0) is 19.1. The minimum Gasteiger partial charge on any atom is -0.325 e. The van der Waals surface area contributed by atoms with E-state index in [-0.39, 0.29) is 11.6 Å². The number of alkyl halides is 2. The number of nitrogens with zero attached hydrogens (tertiary/aromatic N) is 2. The van der Waals surface area contributed by atoms with E-state index in [2.05, 4.69) is 15.5 Å². The average molecular weight is 402 g/mol. The highest BCUT2D eigenvalue weighted by molar-refractivity contribution is 8.00. The highest BCUT2D eigenvalue weighted by atomic mass is 32.2. The van der Waals surface area contributed by atoms with Gasteiger partial charge in [-0.3, -0.25) is 9.36 Å². The van der Waals surface area contributed by atoms with E-state index in [1.807, 2.05) is 6.92 Å². The summed E-state index contributed by atoms with van der Waals surface area (Å²) in [5.74, 6) is -2.74. The first kappa shape index (κ1) is 20.5. The Labute approximate surface area is 158 Å². The predicted octanol–water partition coefficient (Wildman–Crippen LogP) is 3.81. The van der Waals surface area contributed by atoms with E-state index in [0.29, 0.717) is 34.0 Å². The minimum absolute atomic E-state index is 0.262. The Morgan fingerprint density at radius 1 is 1.31 bits per heavy atom. The molecule has 0 bridgehead atoms. The van der Waals surface area contributed by atoms with Crippen molar-refractivity contribution < 1.29 is 13.6 Å². The molecule has 26 heavy (non-hydrogen) atoms. The maximum Gasteiger partial charge on any atom is 0.343 e. The second kappa shape index (κ2) is 9.77. The van der Waals surface area contributed by atoms with Crippen molar-refractivity contribution >= 4 is 35.1 Å². The molecule has 1 aromatic carbocycles. The summed E-state index contributed by atoms with van der Waals surface area (Å²) < 4.78 is 26.1. The number of anilines is 1. The number of hydrogen-bond donors (Lipinski definition) is 2. The largest absolute Gasteiger partial charge is 0.343 e. The Morgan fingerprint density at radius 2 is 2.00 bits per heavy atom. The number of nitrogens with one attached hydrogen (secondary N) is 2. The van der Waals surface area contributed by atoms with Gasteiger partial charge in [0, 0.05) is 17.1 Å². The summed E-state index contributed by atoms with van der Waals surface area (Å²) in [6.07, 6.45) is 1.79. The van der Waals surface area contributed by atoms with Gasteiger partial charge >= 0.3 is 5.69 Å². The monoisotopic (exact) mass is 402 g/mol. The summed E-state index contributed by atoms with van der Waals surface area (Å²) in [5.41, 5.74) is 0.229. The smallest absolute Gasteiger partial charge is 0.325 e. The van der Waals surface area contributed by atoms with Crippen LogP contribution in [0.1, 0.15) is 26.7 Å². The van der Waals surface area contributed by atoms with Crippen LogP contribution in [0.2, 0.25) is 0 Å². The van der Waals surface area contributed by atoms with Crippen molar-refractivity contribution in [3.63, 3.8) is 0 Å². The van der Waals surface area contributed by atoms with Gasteiger partial charge in [0.2, 0.25) is 5.91 Å². The van der Waals surface area contributed by atoms with E-state index < -0.39 is 11.0 Å². The number of benzene rings is 1. The van der Waals surface area contributed by atoms with Crippen LogP contribution in [0.25, 0.3) is 0 Å². The number of unbranched alkanes of at least 4 members (excludes halogenated alkanes) is 1. The first-order valence-electron chi connectivity index (χ1n) is 8.08. The highest BCUT2D eigenvalue weighted by Crippen LogP contribution is 2.27. The van der Waals surface area contributed by atoms with Crippen molar-refractivity contribution in [3.05, 3.63) is 34.7 Å². The van der Waals surface area contributed by atoms with E-state index in [0.717, 1.165) is 12.8 Å². The number of amides is 1. The van der Waals surface area contributed by atoms with Crippen molar-refractivity contribution in [2.45, 2.75) is 54.3 Å². The molecule has 10 heteroatoms. The molecule has 0 fully saturated rings. The molecule has 1 aromatic heterocycles. The average Bonchev–Trinajstić information content (AvgIpc) is 2.94. The molecule has 2 rings (SSSR count). The number of hydrogen-bond acceptors (Lipinski definition) is 5. The molecule has 1 atom stereocenters. The maximum absolute atomic E-state index is 12.3. The van der Waals surface area contributed by atoms with E-state index in [1.165, 1.54) is 28.5 Å². The second-order valence-corrected chi connectivity index (χ2v) is 7.84. The number of rotatable bonds is 9. The van der Waals surface area contributed by atoms with Crippen LogP contribution in [0.5, 0.6) is 0 Å². The molecule has 0 saturated carbocycles.